The van der Waals surface area contributed by atoms with Crippen molar-refractivity contribution in [2.75, 3.05) is 27.4 Å². The van der Waals surface area contributed by atoms with Gasteiger partial charge in [-0.2, -0.15) is 0 Å². The second-order valence-corrected chi connectivity index (χ2v) is 4.36. The minimum Gasteiger partial charge on any atom is -0.497 e. The number of rotatable bonds is 7. The van der Waals surface area contributed by atoms with Gasteiger partial charge in [-0.3, -0.25) is 0 Å². The lowest BCUT2D eigenvalue weighted by Gasteiger charge is -2.11. The molecule has 0 atom stereocenters. The van der Waals surface area contributed by atoms with Crippen LogP contribution in [0.25, 0.3) is 0 Å². The zero-order valence-corrected chi connectivity index (χ0v) is 12.6. The van der Waals surface area contributed by atoms with E-state index in [1.165, 1.54) is 14.2 Å². The summed E-state index contributed by atoms with van der Waals surface area (Å²) in [5.74, 6) is 1.26. The fourth-order valence-electron chi connectivity index (χ4n) is 1.86. The molecule has 0 saturated carbocycles. The molecule has 5 heteroatoms. The van der Waals surface area contributed by atoms with Crippen LogP contribution in [0.4, 0.5) is 0 Å². The van der Waals surface area contributed by atoms with Crippen LogP contribution in [0, 0.1) is 0 Å². The lowest BCUT2D eigenvalue weighted by molar-refractivity contribution is 0.0446. The van der Waals surface area contributed by atoms with Crippen molar-refractivity contribution in [2.24, 2.45) is 0 Å². The zero-order valence-electron chi connectivity index (χ0n) is 12.6. The first kappa shape index (κ1) is 15.7. The number of carbonyl (C=O) groups excluding carboxylic acids is 1. The minimum atomic E-state index is -0.479. The molecule has 0 saturated heterocycles. The Morgan fingerprint density at radius 1 is 0.909 bits per heavy atom. The second kappa shape index (κ2) is 7.93. The number of hydrogen-bond acceptors (Lipinski definition) is 5. The van der Waals surface area contributed by atoms with Crippen LogP contribution >= 0.6 is 0 Å². The lowest BCUT2D eigenvalue weighted by Crippen LogP contribution is -2.13. The summed E-state index contributed by atoms with van der Waals surface area (Å²) < 4.78 is 20.9. The van der Waals surface area contributed by atoms with Crippen molar-refractivity contribution in [2.45, 2.75) is 0 Å². The summed E-state index contributed by atoms with van der Waals surface area (Å²) in [6.45, 7) is 0.427. The highest BCUT2D eigenvalue weighted by Gasteiger charge is 2.15. The fraction of sp³-hybridized carbons (Fsp3) is 0.235. The molecule has 0 fully saturated rings. The molecule has 2 aromatic carbocycles. The quantitative estimate of drug-likeness (QED) is 0.581. The SMILES string of the molecule is COc1ccc(OC)c(C(=O)OCCOc2ccccc2)c1. The Labute approximate surface area is 129 Å². The summed E-state index contributed by atoms with van der Waals surface area (Å²) in [4.78, 5) is 12.1. The lowest BCUT2D eigenvalue weighted by atomic mass is 10.2. The van der Waals surface area contributed by atoms with Crippen molar-refractivity contribution in [3.05, 3.63) is 54.1 Å². The summed E-state index contributed by atoms with van der Waals surface area (Å²) >= 11 is 0. The average molecular weight is 302 g/mol. The van der Waals surface area contributed by atoms with E-state index >= 15 is 0 Å². The molecule has 22 heavy (non-hydrogen) atoms. The number of para-hydroxylation sites is 1. The molecule has 0 aliphatic rings. The van der Waals surface area contributed by atoms with Gasteiger partial charge in [0.1, 0.15) is 36.0 Å². The molecule has 0 spiro atoms. The smallest absolute Gasteiger partial charge is 0.342 e. The van der Waals surface area contributed by atoms with Gasteiger partial charge in [-0.25, -0.2) is 4.79 Å². The summed E-state index contributed by atoms with van der Waals surface area (Å²) in [5, 5.41) is 0. The number of benzene rings is 2. The molecule has 0 amide bonds. The molecule has 2 aromatic rings. The van der Waals surface area contributed by atoms with Gasteiger partial charge in [0.2, 0.25) is 0 Å². The van der Waals surface area contributed by atoms with Gasteiger partial charge in [0.15, 0.2) is 0 Å². The molecular formula is C17H18O5. The van der Waals surface area contributed by atoms with Crippen LogP contribution in [-0.4, -0.2) is 33.4 Å². The predicted octanol–water partition coefficient (Wildman–Crippen LogP) is 2.94. The van der Waals surface area contributed by atoms with Gasteiger partial charge in [0.25, 0.3) is 0 Å². The van der Waals surface area contributed by atoms with Gasteiger partial charge in [0, 0.05) is 0 Å². The highest BCUT2D eigenvalue weighted by molar-refractivity contribution is 5.93. The fourth-order valence-corrected chi connectivity index (χ4v) is 1.86. The van der Waals surface area contributed by atoms with Gasteiger partial charge in [-0.1, -0.05) is 18.2 Å². The second-order valence-electron chi connectivity index (χ2n) is 4.36. The molecule has 0 bridgehead atoms. The molecule has 0 radical (unpaired) electrons. The number of ether oxygens (including phenoxy) is 4. The highest BCUT2D eigenvalue weighted by Crippen LogP contribution is 2.24. The summed E-state index contributed by atoms with van der Waals surface area (Å²) in [7, 11) is 3.03. The number of carbonyl (C=O) groups is 1. The Morgan fingerprint density at radius 3 is 2.36 bits per heavy atom. The van der Waals surface area contributed by atoms with E-state index in [1.807, 2.05) is 30.3 Å². The number of methoxy groups -OCH3 is 2. The largest absolute Gasteiger partial charge is 0.497 e. The predicted molar refractivity (Wildman–Crippen MR) is 81.8 cm³/mol. The third-order valence-corrected chi connectivity index (χ3v) is 2.95. The first-order valence-electron chi connectivity index (χ1n) is 6.81. The van der Waals surface area contributed by atoms with E-state index in [1.54, 1.807) is 18.2 Å². The van der Waals surface area contributed by atoms with Crippen LogP contribution < -0.4 is 14.2 Å². The van der Waals surface area contributed by atoms with E-state index in [9.17, 15) is 4.79 Å². The van der Waals surface area contributed by atoms with Crippen molar-refractivity contribution in [3.63, 3.8) is 0 Å². The number of hydrogen-bond donors (Lipinski definition) is 0. The van der Waals surface area contributed by atoms with Gasteiger partial charge < -0.3 is 18.9 Å². The molecule has 116 valence electrons. The Kier molecular flexibility index (Phi) is 5.65. The van der Waals surface area contributed by atoms with E-state index in [0.29, 0.717) is 17.1 Å². The van der Waals surface area contributed by atoms with E-state index < -0.39 is 5.97 Å². The maximum Gasteiger partial charge on any atom is 0.342 e. The van der Waals surface area contributed by atoms with Crippen molar-refractivity contribution in [1.29, 1.82) is 0 Å². The normalized spacial score (nSPS) is 9.91. The van der Waals surface area contributed by atoms with E-state index in [0.717, 1.165) is 5.75 Å². The molecule has 0 N–H and O–H groups in total. The summed E-state index contributed by atoms with van der Waals surface area (Å²) in [5.41, 5.74) is 0.321. The molecule has 5 nitrogen and oxygen atoms in total. The minimum absolute atomic E-state index is 0.147. The monoisotopic (exact) mass is 302 g/mol. The van der Waals surface area contributed by atoms with E-state index in [2.05, 4.69) is 0 Å². The first-order valence-corrected chi connectivity index (χ1v) is 6.81. The molecule has 0 aliphatic heterocycles. The molecule has 0 unspecified atom stereocenters. The Hall–Kier alpha value is -2.69. The molecule has 2 rings (SSSR count). The van der Waals surface area contributed by atoms with Crippen molar-refractivity contribution in [1.82, 2.24) is 0 Å². The van der Waals surface area contributed by atoms with Crippen molar-refractivity contribution in [3.8, 4) is 17.2 Å². The summed E-state index contributed by atoms with van der Waals surface area (Å²) in [6, 6.07) is 14.3. The van der Waals surface area contributed by atoms with E-state index in [4.69, 9.17) is 18.9 Å². The molecule has 0 heterocycles. The zero-order chi connectivity index (χ0) is 15.8. The van der Waals surface area contributed by atoms with Gasteiger partial charge >= 0.3 is 5.97 Å². The van der Waals surface area contributed by atoms with Crippen molar-refractivity contribution >= 4 is 5.97 Å². The van der Waals surface area contributed by atoms with Gasteiger partial charge in [-0.05, 0) is 30.3 Å². The highest BCUT2D eigenvalue weighted by atomic mass is 16.6. The Bertz CT molecular complexity index is 610. The number of esters is 1. The summed E-state index contributed by atoms with van der Waals surface area (Å²) in [6.07, 6.45) is 0. The van der Waals surface area contributed by atoms with Crippen LogP contribution in [0.2, 0.25) is 0 Å². The van der Waals surface area contributed by atoms with Crippen LogP contribution in [0.1, 0.15) is 10.4 Å². The maximum absolute atomic E-state index is 12.1. The van der Waals surface area contributed by atoms with Crippen LogP contribution in [0.15, 0.2) is 48.5 Å². The van der Waals surface area contributed by atoms with Crippen LogP contribution in [-0.2, 0) is 4.74 Å². The van der Waals surface area contributed by atoms with Gasteiger partial charge in [-0.15, -0.1) is 0 Å². The first-order chi connectivity index (χ1) is 10.7. The van der Waals surface area contributed by atoms with Gasteiger partial charge in [0.05, 0.1) is 14.2 Å². The third-order valence-electron chi connectivity index (χ3n) is 2.95. The Morgan fingerprint density at radius 2 is 1.68 bits per heavy atom. The molecule has 0 aliphatic carbocycles. The van der Waals surface area contributed by atoms with Crippen LogP contribution in [0.5, 0.6) is 17.2 Å². The average Bonchev–Trinajstić information content (AvgIpc) is 2.58. The maximum atomic E-state index is 12.1. The van der Waals surface area contributed by atoms with Crippen molar-refractivity contribution < 1.29 is 23.7 Å². The van der Waals surface area contributed by atoms with Crippen LogP contribution in [0.3, 0.4) is 0 Å². The third kappa shape index (κ3) is 4.15. The Balaban J connectivity index is 1.89. The topological polar surface area (TPSA) is 54.0 Å². The standard InChI is InChI=1S/C17H18O5/c1-19-14-8-9-16(20-2)15(12-14)17(18)22-11-10-21-13-6-4-3-5-7-13/h3-9,12H,10-11H2,1-2H3. The molecule has 0 aromatic heterocycles. The molecular weight excluding hydrogens is 284 g/mol. The van der Waals surface area contributed by atoms with E-state index in [-0.39, 0.29) is 13.2 Å².